The molecule has 0 aromatic rings. The van der Waals surface area contributed by atoms with Crippen molar-refractivity contribution in [2.24, 2.45) is 0 Å². The second-order valence-electron chi connectivity index (χ2n) is 3.29. The van der Waals surface area contributed by atoms with Crippen molar-refractivity contribution in [2.45, 2.75) is 33.6 Å². The summed E-state index contributed by atoms with van der Waals surface area (Å²) in [6, 6.07) is -0.895. The molecule has 0 atom stereocenters. The highest BCUT2D eigenvalue weighted by Crippen LogP contribution is 2.43. The highest BCUT2D eigenvalue weighted by molar-refractivity contribution is 7.52. The van der Waals surface area contributed by atoms with E-state index in [1.54, 1.807) is 0 Å². The molecule has 0 heterocycles. The predicted molar refractivity (Wildman–Crippen MR) is 62.4 cm³/mol. The largest absolute Gasteiger partial charge is 0.436 e. The SMILES string of the molecule is CCCOP(=O)(NC(=O)NC(C)=O)OCCC. The standard InChI is InChI=1S/C9H19N2O5P/c1-4-6-15-17(14,16-7-5-2)11-9(13)10-8(3)12/h4-7H2,1-3H3,(H2,10,11,12,13,14). The molecule has 0 rings (SSSR count). The lowest BCUT2D eigenvalue weighted by atomic mass is 10.5. The molecule has 0 fully saturated rings. The quantitative estimate of drug-likeness (QED) is 0.685. The molecule has 8 heteroatoms. The van der Waals surface area contributed by atoms with Crippen LogP contribution in [0.25, 0.3) is 0 Å². The Hall–Kier alpha value is -0.910. The number of urea groups is 1. The fourth-order valence-corrected chi connectivity index (χ4v) is 2.19. The van der Waals surface area contributed by atoms with Crippen molar-refractivity contribution in [1.29, 1.82) is 0 Å². The van der Waals surface area contributed by atoms with Crippen LogP contribution < -0.4 is 10.4 Å². The van der Waals surface area contributed by atoms with Gasteiger partial charge in [-0.25, -0.2) is 14.4 Å². The molecule has 0 aromatic heterocycles. The number of carbonyl (C=O) groups is 2. The van der Waals surface area contributed by atoms with E-state index in [0.717, 1.165) is 0 Å². The Kier molecular flexibility index (Phi) is 7.78. The molecular weight excluding hydrogens is 247 g/mol. The Morgan fingerprint density at radius 1 is 1.12 bits per heavy atom. The summed E-state index contributed by atoms with van der Waals surface area (Å²) in [5.41, 5.74) is 0. The van der Waals surface area contributed by atoms with Gasteiger partial charge in [0.25, 0.3) is 0 Å². The van der Waals surface area contributed by atoms with E-state index in [0.29, 0.717) is 12.8 Å². The van der Waals surface area contributed by atoms with Gasteiger partial charge in [0, 0.05) is 6.92 Å². The van der Waals surface area contributed by atoms with Gasteiger partial charge in [0.15, 0.2) is 0 Å². The third-order valence-corrected chi connectivity index (χ3v) is 2.98. The first-order valence-electron chi connectivity index (χ1n) is 5.42. The van der Waals surface area contributed by atoms with Crippen LogP contribution in [0.15, 0.2) is 0 Å². The Balaban J connectivity index is 4.40. The second-order valence-corrected chi connectivity index (χ2v) is 5.02. The number of hydrogen-bond donors (Lipinski definition) is 2. The van der Waals surface area contributed by atoms with Crippen LogP contribution in [0.3, 0.4) is 0 Å². The first kappa shape index (κ1) is 16.1. The normalized spacial score (nSPS) is 11.0. The average Bonchev–Trinajstić information content (AvgIpc) is 2.22. The van der Waals surface area contributed by atoms with Crippen LogP contribution in [0.5, 0.6) is 0 Å². The molecule has 0 bridgehead atoms. The zero-order chi connectivity index (χ0) is 13.3. The maximum absolute atomic E-state index is 12.0. The van der Waals surface area contributed by atoms with Crippen LogP contribution in [-0.4, -0.2) is 25.2 Å². The Morgan fingerprint density at radius 3 is 1.94 bits per heavy atom. The molecule has 2 N–H and O–H groups in total. The number of imide groups is 1. The minimum atomic E-state index is -3.68. The van der Waals surface area contributed by atoms with Gasteiger partial charge in [0.2, 0.25) is 5.91 Å². The zero-order valence-corrected chi connectivity index (χ0v) is 11.2. The van der Waals surface area contributed by atoms with Crippen molar-refractivity contribution in [3.8, 4) is 0 Å². The van der Waals surface area contributed by atoms with Crippen molar-refractivity contribution in [1.82, 2.24) is 10.4 Å². The van der Waals surface area contributed by atoms with Gasteiger partial charge >= 0.3 is 13.8 Å². The lowest BCUT2D eigenvalue weighted by Gasteiger charge is -2.18. The Bertz CT molecular complexity index is 296. The van der Waals surface area contributed by atoms with Crippen LogP contribution in [0.1, 0.15) is 33.6 Å². The molecule has 7 nitrogen and oxygen atoms in total. The van der Waals surface area contributed by atoms with E-state index >= 15 is 0 Å². The summed E-state index contributed by atoms with van der Waals surface area (Å²) in [6.45, 7) is 5.23. The van der Waals surface area contributed by atoms with Gasteiger partial charge in [-0.2, -0.15) is 0 Å². The summed E-state index contributed by atoms with van der Waals surface area (Å²) < 4.78 is 22.0. The van der Waals surface area contributed by atoms with Gasteiger partial charge < -0.3 is 0 Å². The molecule has 0 aliphatic heterocycles. The highest BCUT2D eigenvalue weighted by atomic mass is 31.2. The Morgan fingerprint density at radius 2 is 1.59 bits per heavy atom. The molecule has 0 saturated carbocycles. The highest BCUT2D eigenvalue weighted by Gasteiger charge is 2.27. The zero-order valence-electron chi connectivity index (χ0n) is 10.3. The molecule has 0 aromatic carbocycles. The van der Waals surface area contributed by atoms with E-state index in [-0.39, 0.29) is 13.2 Å². The Labute approximate surface area is 101 Å². The minimum Gasteiger partial charge on any atom is -0.292 e. The summed E-state index contributed by atoms with van der Waals surface area (Å²) in [5.74, 6) is -0.556. The number of hydrogen-bond acceptors (Lipinski definition) is 5. The van der Waals surface area contributed by atoms with Crippen molar-refractivity contribution in [3.63, 3.8) is 0 Å². The molecule has 17 heavy (non-hydrogen) atoms. The van der Waals surface area contributed by atoms with Crippen molar-refractivity contribution < 1.29 is 23.2 Å². The molecule has 0 aliphatic carbocycles. The van der Waals surface area contributed by atoms with E-state index in [1.165, 1.54) is 6.92 Å². The lowest BCUT2D eigenvalue weighted by Crippen LogP contribution is -2.37. The van der Waals surface area contributed by atoms with Gasteiger partial charge in [0.1, 0.15) is 0 Å². The number of nitrogens with one attached hydrogen (secondary N) is 2. The third-order valence-electron chi connectivity index (χ3n) is 1.46. The first-order chi connectivity index (χ1) is 7.93. The number of amides is 3. The van der Waals surface area contributed by atoms with Gasteiger partial charge in [0.05, 0.1) is 13.2 Å². The fourth-order valence-electron chi connectivity index (χ4n) is 0.837. The molecule has 0 radical (unpaired) electrons. The smallest absolute Gasteiger partial charge is 0.292 e. The van der Waals surface area contributed by atoms with E-state index in [1.807, 2.05) is 24.3 Å². The third kappa shape index (κ3) is 7.90. The minimum absolute atomic E-state index is 0.196. The summed E-state index contributed by atoms with van der Waals surface area (Å²) >= 11 is 0. The maximum Gasteiger partial charge on any atom is 0.436 e. The number of carbonyl (C=O) groups excluding carboxylic acids is 2. The topological polar surface area (TPSA) is 93.7 Å². The summed E-state index contributed by atoms with van der Waals surface area (Å²) in [7, 11) is -3.68. The van der Waals surface area contributed by atoms with E-state index in [9.17, 15) is 14.2 Å². The lowest BCUT2D eigenvalue weighted by molar-refractivity contribution is -0.117. The van der Waals surface area contributed by atoms with Crippen molar-refractivity contribution in [3.05, 3.63) is 0 Å². The van der Waals surface area contributed by atoms with Gasteiger partial charge in [-0.1, -0.05) is 13.8 Å². The monoisotopic (exact) mass is 266 g/mol. The van der Waals surface area contributed by atoms with Crippen molar-refractivity contribution >= 4 is 19.7 Å². The van der Waals surface area contributed by atoms with Crippen molar-refractivity contribution in [2.75, 3.05) is 13.2 Å². The molecule has 0 unspecified atom stereocenters. The summed E-state index contributed by atoms with van der Waals surface area (Å²) in [6.07, 6.45) is 1.27. The van der Waals surface area contributed by atoms with Crippen LogP contribution in [0.4, 0.5) is 4.79 Å². The fraction of sp³-hybridized carbons (Fsp3) is 0.778. The van der Waals surface area contributed by atoms with Gasteiger partial charge in [-0.3, -0.25) is 19.2 Å². The van der Waals surface area contributed by atoms with Gasteiger partial charge in [-0.15, -0.1) is 0 Å². The predicted octanol–water partition coefficient (Wildman–Crippen LogP) is 1.79. The molecule has 100 valence electrons. The van der Waals surface area contributed by atoms with Crippen LogP contribution >= 0.6 is 7.75 Å². The molecule has 3 amide bonds. The van der Waals surface area contributed by atoms with E-state index < -0.39 is 19.7 Å². The first-order valence-corrected chi connectivity index (χ1v) is 6.96. The molecule has 0 aliphatic rings. The number of rotatable bonds is 7. The van der Waals surface area contributed by atoms with Crippen LogP contribution in [-0.2, 0) is 18.4 Å². The van der Waals surface area contributed by atoms with Crippen LogP contribution in [0, 0.1) is 0 Å². The van der Waals surface area contributed by atoms with Gasteiger partial charge in [-0.05, 0) is 12.8 Å². The summed E-state index contributed by atoms with van der Waals surface area (Å²) in [5, 5.41) is 3.96. The molecule has 0 spiro atoms. The molecular formula is C9H19N2O5P. The second kappa shape index (κ2) is 8.22. The maximum atomic E-state index is 12.0. The van der Waals surface area contributed by atoms with E-state index in [2.05, 4.69) is 0 Å². The van der Waals surface area contributed by atoms with Crippen LogP contribution in [0.2, 0.25) is 0 Å². The van der Waals surface area contributed by atoms with E-state index in [4.69, 9.17) is 9.05 Å². The summed E-state index contributed by atoms with van der Waals surface area (Å²) in [4.78, 5) is 21.8. The molecule has 0 saturated heterocycles. The average molecular weight is 266 g/mol.